The molecule has 10 heavy (non-hydrogen) atoms. The van der Waals surface area contributed by atoms with Gasteiger partial charge in [-0.25, -0.2) is 0 Å². The van der Waals surface area contributed by atoms with Gasteiger partial charge in [0, 0.05) is 0 Å². The maximum absolute atomic E-state index is 3.08. The molecular weight excluding hydrogens is 124 g/mol. The van der Waals surface area contributed by atoms with Gasteiger partial charge < -0.3 is 10.6 Å². The SMILES string of the molecule is CC[NH2+]CC#CC[NH2+]CC. The van der Waals surface area contributed by atoms with Gasteiger partial charge in [0.2, 0.25) is 0 Å². The van der Waals surface area contributed by atoms with Crippen molar-refractivity contribution in [1.82, 2.24) is 0 Å². The van der Waals surface area contributed by atoms with E-state index in [4.69, 9.17) is 0 Å². The summed E-state index contributed by atoms with van der Waals surface area (Å²) < 4.78 is 0. The summed E-state index contributed by atoms with van der Waals surface area (Å²) in [6.07, 6.45) is 0. The molecule has 0 aromatic rings. The summed E-state index contributed by atoms with van der Waals surface area (Å²) in [5, 5.41) is 4.39. The lowest BCUT2D eigenvalue weighted by atomic mass is 10.5. The molecule has 0 bridgehead atoms. The van der Waals surface area contributed by atoms with Crippen LogP contribution in [0.4, 0.5) is 0 Å². The van der Waals surface area contributed by atoms with Gasteiger partial charge in [0.1, 0.15) is 13.1 Å². The smallest absolute Gasteiger partial charge is 0.138 e. The Morgan fingerprint density at radius 3 is 1.60 bits per heavy atom. The van der Waals surface area contributed by atoms with Crippen molar-refractivity contribution in [2.24, 2.45) is 0 Å². The molecule has 2 nitrogen and oxygen atoms in total. The molecule has 0 rings (SSSR count). The zero-order valence-corrected chi connectivity index (χ0v) is 6.98. The molecule has 0 aliphatic rings. The molecule has 58 valence electrons. The maximum atomic E-state index is 3.08. The summed E-state index contributed by atoms with van der Waals surface area (Å²) >= 11 is 0. The average molecular weight is 142 g/mol. The molecule has 0 aliphatic carbocycles. The molecule has 0 aliphatic heterocycles. The summed E-state index contributed by atoms with van der Waals surface area (Å²) in [5.74, 6) is 6.17. The zero-order chi connectivity index (χ0) is 7.66. The highest BCUT2D eigenvalue weighted by Crippen LogP contribution is 1.43. The van der Waals surface area contributed by atoms with E-state index >= 15 is 0 Å². The van der Waals surface area contributed by atoms with Crippen LogP contribution < -0.4 is 10.6 Å². The van der Waals surface area contributed by atoms with Gasteiger partial charge in [-0.05, 0) is 25.7 Å². The molecule has 0 saturated heterocycles. The molecular formula is C8H18N2+2. The minimum absolute atomic E-state index is 0.952. The van der Waals surface area contributed by atoms with Crippen LogP contribution in [-0.2, 0) is 0 Å². The van der Waals surface area contributed by atoms with Gasteiger partial charge in [0.15, 0.2) is 0 Å². The summed E-state index contributed by atoms with van der Waals surface area (Å²) in [4.78, 5) is 0. The molecule has 4 N–H and O–H groups in total. The fourth-order valence-electron chi connectivity index (χ4n) is 0.577. The maximum Gasteiger partial charge on any atom is 0.138 e. The predicted octanol–water partition coefficient (Wildman–Crippen LogP) is -1.84. The van der Waals surface area contributed by atoms with Crippen molar-refractivity contribution in [1.29, 1.82) is 0 Å². The zero-order valence-electron chi connectivity index (χ0n) is 6.98. The number of nitrogens with two attached hydrogens (primary N) is 2. The van der Waals surface area contributed by atoms with E-state index in [1.54, 1.807) is 0 Å². The van der Waals surface area contributed by atoms with E-state index in [0.29, 0.717) is 0 Å². The first-order chi connectivity index (χ1) is 4.91. The normalized spacial score (nSPS) is 8.60. The highest BCUT2D eigenvalue weighted by atomic mass is 14.8. The van der Waals surface area contributed by atoms with E-state index in [9.17, 15) is 0 Å². The average Bonchev–Trinajstić information content (AvgIpc) is 1.97. The standard InChI is InChI=1S/C8H16N2/c1-3-9-7-5-6-8-10-4-2/h9-10H,3-4,7-8H2,1-2H3/p+2. The van der Waals surface area contributed by atoms with Gasteiger partial charge >= 0.3 is 0 Å². The fraction of sp³-hybridized carbons (Fsp3) is 0.750. The Hall–Kier alpha value is -0.520. The molecule has 2 heteroatoms. The third-order valence-electron chi connectivity index (χ3n) is 1.20. The molecule has 0 spiro atoms. The summed E-state index contributed by atoms with van der Waals surface area (Å²) in [6.45, 7) is 8.44. The number of hydrogen-bond donors (Lipinski definition) is 2. The minimum atomic E-state index is 0.952. The predicted molar refractivity (Wildman–Crippen MR) is 42.4 cm³/mol. The number of rotatable bonds is 4. The van der Waals surface area contributed by atoms with Crippen LogP contribution in [0.1, 0.15) is 13.8 Å². The second-order valence-corrected chi connectivity index (χ2v) is 2.16. The minimum Gasteiger partial charge on any atom is -0.336 e. The van der Waals surface area contributed by atoms with Gasteiger partial charge in [-0.1, -0.05) is 0 Å². The van der Waals surface area contributed by atoms with Gasteiger partial charge in [-0.15, -0.1) is 0 Å². The van der Waals surface area contributed by atoms with Crippen molar-refractivity contribution in [2.45, 2.75) is 13.8 Å². The van der Waals surface area contributed by atoms with E-state index < -0.39 is 0 Å². The van der Waals surface area contributed by atoms with E-state index in [1.807, 2.05) is 0 Å². The van der Waals surface area contributed by atoms with Crippen molar-refractivity contribution in [3.8, 4) is 11.8 Å². The van der Waals surface area contributed by atoms with E-state index in [-0.39, 0.29) is 0 Å². The van der Waals surface area contributed by atoms with Gasteiger partial charge in [-0.2, -0.15) is 0 Å². The van der Waals surface area contributed by atoms with Gasteiger partial charge in [0.25, 0.3) is 0 Å². The van der Waals surface area contributed by atoms with Crippen molar-refractivity contribution in [3.63, 3.8) is 0 Å². The van der Waals surface area contributed by atoms with Crippen molar-refractivity contribution in [3.05, 3.63) is 0 Å². The Morgan fingerprint density at radius 1 is 0.900 bits per heavy atom. The van der Waals surface area contributed by atoms with Crippen molar-refractivity contribution >= 4 is 0 Å². The van der Waals surface area contributed by atoms with Crippen LogP contribution in [0.25, 0.3) is 0 Å². The quantitative estimate of drug-likeness (QED) is 0.341. The topological polar surface area (TPSA) is 33.2 Å². The molecule has 0 aromatic carbocycles. The Morgan fingerprint density at radius 2 is 1.30 bits per heavy atom. The highest BCUT2D eigenvalue weighted by Gasteiger charge is 1.78. The Balaban J connectivity index is 2.98. The molecule has 0 heterocycles. The van der Waals surface area contributed by atoms with Crippen molar-refractivity contribution < 1.29 is 10.6 Å². The van der Waals surface area contributed by atoms with Gasteiger partial charge in [0.05, 0.1) is 13.1 Å². The fourth-order valence-corrected chi connectivity index (χ4v) is 0.577. The van der Waals surface area contributed by atoms with Crippen LogP contribution in [0.15, 0.2) is 0 Å². The molecule has 0 saturated carbocycles. The Kier molecular flexibility index (Phi) is 8.04. The van der Waals surface area contributed by atoms with Gasteiger partial charge in [-0.3, -0.25) is 0 Å². The highest BCUT2D eigenvalue weighted by molar-refractivity contribution is 4.97. The molecule has 0 unspecified atom stereocenters. The molecule has 0 aromatic heterocycles. The lowest BCUT2D eigenvalue weighted by Gasteiger charge is -1.87. The Bertz CT molecular complexity index is 98.2. The van der Waals surface area contributed by atoms with Crippen LogP contribution in [0, 0.1) is 11.8 Å². The lowest BCUT2D eigenvalue weighted by molar-refractivity contribution is -0.643. The first-order valence-electron chi connectivity index (χ1n) is 4.00. The Labute approximate surface area is 63.4 Å². The van der Waals surface area contributed by atoms with Crippen LogP contribution in [0.2, 0.25) is 0 Å². The lowest BCUT2D eigenvalue weighted by Crippen LogP contribution is -2.84. The second kappa shape index (κ2) is 8.48. The van der Waals surface area contributed by atoms with E-state index in [0.717, 1.165) is 26.2 Å². The van der Waals surface area contributed by atoms with E-state index in [2.05, 4.69) is 36.3 Å². The van der Waals surface area contributed by atoms with Crippen LogP contribution in [-0.4, -0.2) is 26.2 Å². The summed E-state index contributed by atoms with van der Waals surface area (Å²) in [5.41, 5.74) is 0. The summed E-state index contributed by atoms with van der Waals surface area (Å²) in [6, 6.07) is 0. The second-order valence-electron chi connectivity index (χ2n) is 2.16. The largest absolute Gasteiger partial charge is 0.336 e. The third-order valence-corrected chi connectivity index (χ3v) is 1.20. The first kappa shape index (κ1) is 9.48. The first-order valence-corrected chi connectivity index (χ1v) is 4.00. The van der Waals surface area contributed by atoms with E-state index in [1.165, 1.54) is 0 Å². The van der Waals surface area contributed by atoms with Crippen LogP contribution in [0.3, 0.4) is 0 Å². The monoisotopic (exact) mass is 142 g/mol. The number of quaternary nitrogens is 2. The van der Waals surface area contributed by atoms with Crippen LogP contribution in [0.5, 0.6) is 0 Å². The molecule has 0 amide bonds. The molecule has 0 atom stereocenters. The molecule has 0 fully saturated rings. The molecule has 0 radical (unpaired) electrons. The van der Waals surface area contributed by atoms with Crippen molar-refractivity contribution in [2.75, 3.05) is 26.2 Å². The number of hydrogen-bond acceptors (Lipinski definition) is 0. The van der Waals surface area contributed by atoms with Crippen LogP contribution >= 0.6 is 0 Å². The third kappa shape index (κ3) is 7.48. The summed E-state index contributed by atoms with van der Waals surface area (Å²) in [7, 11) is 0.